The van der Waals surface area contributed by atoms with Crippen molar-refractivity contribution < 1.29 is 0 Å². The first-order valence-electron chi connectivity index (χ1n) is 12.0. The van der Waals surface area contributed by atoms with Crippen LogP contribution in [-0.4, -0.2) is 47.4 Å². The molecular weight excluding hydrogens is 392 g/mol. The van der Waals surface area contributed by atoms with E-state index in [0.717, 1.165) is 45.6 Å². The molecule has 0 radical (unpaired) electrons. The average molecular weight is 431 g/mol. The predicted octanol–water partition coefficient (Wildman–Crippen LogP) is 5.68. The minimum Gasteiger partial charge on any atom is -0.369 e. The van der Waals surface area contributed by atoms with E-state index in [0.29, 0.717) is 0 Å². The summed E-state index contributed by atoms with van der Waals surface area (Å²) < 4.78 is 2.19. The van der Waals surface area contributed by atoms with Crippen molar-refractivity contribution in [3.8, 4) is 11.3 Å². The van der Waals surface area contributed by atoms with Gasteiger partial charge in [0.15, 0.2) is 0 Å². The Morgan fingerprint density at radius 2 is 1.59 bits per heavy atom. The number of rotatable bonds is 6. The summed E-state index contributed by atoms with van der Waals surface area (Å²) in [6, 6.07) is 19.7. The molecule has 0 amide bonds. The van der Waals surface area contributed by atoms with Gasteiger partial charge in [0.1, 0.15) is 0 Å². The summed E-state index contributed by atoms with van der Waals surface area (Å²) in [6.45, 7) is 16.7. The third-order valence-corrected chi connectivity index (χ3v) is 6.44. The lowest BCUT2D eigenvalue weighted by Gasteiger charge is -2.37. The Balaban J connectivity index is 1.33. The molecule has 0 bridgehead atoms. The van der Waals surface area contributed by atoms with E-state index >= 15 is 0 Å². The Morgan fingerprint density at radius 3 is 2.25 bits per heavy atom. The van der Waals surface area contributed by atoms with Crippen LogP contribution in [0, 0.1) is 13.8 Å². The molecule has 0 spiro atoms. The molecule has 1 aliphatic rings. The highest BCUT2D eigenvalue weighted by molar-refractivity contribution is 5.60. The molecule has 0 aliphatic carbocycles. The summed E-state index contributed by atoms with van der Waals surface area (Å²) in [5.41, 5.74) is 7.76. The van der Waals surface area contributed by atoms with Gasteiger partial charge < -0.3 is 4.90 Å². The number of piperazine rings is 1. The maximum atomic E-state index is 5.00. The SMILES string of the molecule is Cc1ccc(N2CCN(CCCc3cc(-c4ccccc4)n(C(C)(C)C)n3)CC2)c(C)c1. The fourth-order valence-corrected chi connectivity index (χ4v) is 4.73. The molecule has 1 fully saturated rings. The van der Waals surface area contributed by atoms with Crippen LogP contribution in [0.25, 0.3) is 11.3 Å². The van der Waals surface area contributed by atoms with Crippen LogP contribution in [0.1, 0.15) is 44.0 Å². The van der Waals surface area contributed by atoms with E-state index in [9.17, 15) is 0 Å². The lowest BCUT2D eigenvalue weighted by atomic mass is 10.1. The maximum Gasteiger partial charge on any atom is 0.0691 e. The zero-order valence-corrected chi connectivity index (χ0v) is 20.4. The van der Waals surface area contributed by atoms with Gasteiger partial charge in [-0.2, -0.15) is 5.10 Å². The third kappa shape index (κ3) is 5.24. The van der Waals surface area contributed by atoms with Crippen LogP contribution < -0.4 is 4.90 Å². The normalized spacial score (nSPS) is 15.3. The fourth-order valence-electron chi connectivity index (χ4n) is 4.73. The number of nitrogens with zero attached hydrogens (tertiary/aromatic N) is 4. The van der Waals surface area contributed by atoms with E-state index in [2.05, 4.69) is 104 Å². The number of aryl methyl sites for hydroxylation is 3. The van der Waals surface area contributed by atoms with Crippen molar-refractivity contribution in [1.29, 1.82) is 0 Å². The van der Waals surface area contributed by atoms with Gasteiger partial charge in [-0.15, -0.1) is 0 Å². The molecule has 0 N–H and O–H groups in total. The lowest BCUT2D eigenvalue weighted by Crippen LogP contribution is -2.46. The van der Waals surface area contributed by atoms with E-state index < -0.39 is 0 Å². The van der Waals surface area contributed by atoms with Crippen molar-refractivity contribution in [3.63, 3.8) is 0 Å². The van der Waals surface area contributed by atoms with Gasteiger partial charge in [0.25, 0.3) is 0 Å². The molecule has 32 heavy (non-hydrogen) atoms. The van der Waals surface area contributed by atoms with Crippen LogP contribution in [0.15, 0.2) is 54.6 Å². The van der Waals surface area contributed by atoms with Crippen molar-refractivity contribution in [2.24, 2.45) is 0 Å². The average Bonchev–Trinajstić information content (AvgIpc) is 3.20. The summed E-state index contributed by atoms with van der Waals surface area (Å²) >= 11 is 0. The second-order valence-electron chi connectivity index (χ2n) is 10.2. The van der Waals surface area contributed by atoms with Gasteiger partial charge in [0, 0.05) is 31.9 Å². The lowest BCUT2D eigenvalue weighted by molar-refractivity contribution is 0.254. The first-order chi connectivity index (χ1) is 15.3. The Hall–Kier alpha value is -2.59. The number of anilines is 1. The first kappa shape index (κ1) is 22.6. The molecule has 1 aliphatic heterocycles. The number of benzene rings is 2. The van der Waals surface area contributed by atoms with Crippen molar-refractivity contribution in [3.05, 3.63) is 71.4 Å². The standard InChI is InChI=1S/C28H38N4/c1-22-13-14-26(23(2)20-22)31-18-16-30(17-19-31)15-9-12-25-21-27(24-10-7-6-8-11-24)32(29-25)28(3,4)5/h6-8,10-11,13-14,20-21H,9,12,15-19H2,1-5H3. The molecule has 0 unspecified atom stereocenters. The molecule has 3 aromatic rings. The highest BCUT2D eigenvalue weighted by atomic mass is 15.3. The summed E-state index contributed by atoms with van der Waals surface area (Å²) in [6.07, 6.45) is 2.18. The number of hydrogen-bond acceptors (Lipinski definition) is 3. The summed E-state index contributed by atoms with van der Waals surface area (Å²) in [4.78, 5) is 5.15. The first-order valence-corrected chi connectivity index (χ1v) is 12.0. The zero-order valence-electron chi connectivity index (χ0n) is 20.4. The topological polar surface area (TPSA) is 24.3 Å². The Morgan fingerprint density at radius 1 is 0.875 bits per heavy atom. The Bertz CT molecular complexity index is 1020. The quantitative estimate of drug-likeness (QED) is 0.503. The minimum absolute atomic E-state index is 0.0339. The van der Waals surface area contributed by atoms with Gasteiger partial charge in [-0.3, -0.25) is 9.58 Å². The van der Waals surface area contributed by atoms with E-state index in [1.807, 2.05) is 0 Å². The maximum absolute atomic E-state index is 5.00. The molecular formula is C28H38N4. The van der Waals surface area contributed by atoms with Crippen LogP contribution in [0.4, 0.5) is 5.69 Å². The number of hydrogen-bond donors (Lipinski definition) is 0. The van der Waals surface area contributed by atoms with Crippen molar-refractivity contribution in [1.82, 2.24) is 14.7 Å². The second-order valence-corrected chi connectivity index (χ2v) is 10.2. The molecule has 4 heteroatoms. The zero-order chi connectivity index (χ0) is 22.7. The molecule has 4 rings (SSSR count). The highest BCUT2D eigenvalue weighted by Crippen LogP contribution is 2.27. The molecule has 0 atom stereocenters. The van der Waals surface area contributed by atoms with Gasteiger partial charge in [0.05, 0.1) is 16.9 Å². The van der Waals surface area contributed by atoms with E-state index in [-0.39, 0.29) is 5.54 Å². The van der Waals surface area contributed by atoms with Crippen LogP contribution in [0.3, 0.4) is 0 Å². The van der Waals surface area contributed by atoms with E-state index in [4.69, 9.17) is 5.10 Å². The van der Waals surface area contributed by atoms with Crippen molar-refractivity contribution >= 4 is 5.69 Å². The summed E-state index contributed by atoms with van der Waals surface area (Å²) in [5.74, 6) is 0. The van der Waals surface area contributed by atoms with Gasteiger partial charge >= 0.3 is 0 Å². The predicted molar refractivity (Wildman–Crippen MR) is 136 cm³/mol. The van der Waals surface area contributed by atoms with E-state index in [1.165, 1.54) is 33.8 Å². The Kier molecular flexibility index (Phi) is 6.71. The number of aromatic nitrogens is 2. The second kappa shape index (κ2) is 9.50. The minimum atomic E-state index is -0.0339. The third-order valence-electron chi connectivity index (χ3n) is 6.44. The molecule has 1 aromatic heterocycles. The smallest absolute Gasteiger partial charge is 0.0691 e. The van der Waals surface area contributed by atoms with Crippen LogP contribution >= 0.6 is 0 Å². The van der Waals surface area contributed by atoms with E-state index in [1.54, 1.807) is 0 Å². The van der Waals surface area contributed by atoms with Crippen molar-refractivity contribution in [2.75, 3.05) is 37.6 Å². The van der Waals surface area contributed by atoms with Crippen LogP contribution in [-0.2, 0) is 12.0 Å². The molecule has 1 saturated heterocycles. The molecule has 170 valence electrons. The molecule has 2 heterocycles. The fraction of sp³-hybridized carbons (Fsp3) is 0.464. The monoisotopic (exact) mass is 430 g/mol. The van der Waals surface area contributed by atoms with Crippen LogP contribution in [0.5, 0.6) is 0 Å². The highest BCUT2D eigenvalue weighted by Gasteiger charge is 2.21. The molecule has 0 saturated carbocycles. The summed E-state index contributed by atoms with van der Waals surface area (Å²) in [7, 11) is 0. The van der Waals surface area contributed by atoms with Crippen molar-refractivity contribution in [2.45, 2.75) is 53.0 Å². The largest absolute Gasteiger partial charge is 0.369 e. The van der Waals surface area contributed by atoms with Gasteiger partial charge in [0.2, 0.25) is 0 Å². The van der Waals surface area contributed by atoms with Crippen LogP contribution in [0.2, 0.25) is 0 Å². The molecule has 2 aromatic carbocycles. The van der Waals surface area contributed by atoms with Gasteiger partial charge in [-0.05, 0) is 77.3 Å². The van der Waals surface area contributed by atoms with Gasteiger partial charge in [-0.25, -0.2) is 0 Å². The molecule has 4 nitrogen and oxygen atoms in total. The Labute approximate surface area is 193 Å². The summed E-state index contributed by atoms with van der Waals surface area (Å²) in [5, 5.41) is 5.00. The van der Waals surface area contributed by atoms with Gasteiger partial charge in [-0.1, -0.05) is 48.0 Å².